The van der Waals surface area contributed by atoms with Crippen LogP contribution in [0.5, 0.6) is 5.75 Å². The topological polar surface area (TPSA) is 22.4 Å². The zero-order chi connectivity index (χ0) is 11.9. The molecule has 4 rings (SSSR count). The minimum atomic E-state index is -0.0675. The predicted molar refractivity (Wildman–Crippen MR) is 74.1 cm³/mol. The molecule has 2 aromatic heterocycles. The third-order valence-electron chi connectivity index (χ3n) is 3.16. The van der Waals surface area contributed by atoms with Gasteiger partial charge in [-0.2, -0.15) is 0 Å². The number of fused-ring (bicyclic) bond motifs is 3. The summed E-state index contributed by atoms with van der Waals surface area (Å²) in [6, 6.07) is 14.2. The Hall–Kier alpha value is -1.94. The molecule has 86 valence electrons. The van der Waals surface area contributed by atoms with E-state index in [9.17, 15) is 0 Å². The summed E-state index contributed by atoms with van der Waals surface area (Å²) in [7, 11) is 0. The Balaban J connectivity index is 1.90. The number of rotatable bonds is 1. The molecule has 4 heteroatoms. The molecule has 0 amide bonds. The fourth-order valence-electron chi connectivity index (χ4n) is 2.33. The number of hydrogen-bond acceptors (Lipinski definition) is 3. The highest BCUT2D eigenvalue weighted by molar-refractivity contribution is 7.14. The van der Waals surface area contributed by atoms with Crippen LogP contribution in [0.25, 0.3) is 10.6 Å². The normalized spacial score (nSPS) is 12.8. The van der Waals surface area contributed by atoms with E-state index >= 15 is 0 Å². The molecule has 0 N–H and O–H groups in total. The fourth-order valence-corrected chi connectivity index (χ4v) is 3.16. The molecule has 0 saturated heterocycles. The minimum absolute atomic E-state index is 0.0675. The second kappa shape index (κ2) is 3.78. The minimum Gasteiger partial charge on any atom is -0.550 e. The quantitative estimate of drug-likeness (QED) is 0.621. The van der Waals surface area contributed by atoms with E-state index in [0.29, 0.717) is 0 Å². The molecule has 0 atom stereocenters. The maximum atomic E-state index is 6.09. The van der Waals surface area contributed by atoms with E-state index in [0.717, 1.165) is 27.3 Å². The van der Waals surface area contributed by atoms with Gasteiger partial charge in [0.05, 0.1) is 6.26 Å². The fraction of sp³-hybridized carbons (Fsp3) is 0. The molecular formula is C14H9BO2S. The van der Waals surface area contributed by atoms with Crippen LogP contribution >= 0.6 is 11.3 Å². The molecule has 18 heavy (non-hydrogen) atoms. The molecule has 0 spiro atoms. The van der Waals surface area contributed by atoms with Crippen molar-refractivity contribution < 1.29 is 9.07 Å². The molecule has 1 aliphatic rings. The molecule has 0 fully saturated rings. The lowest BCUT2D eigenvalue weighted by atomic mass is 9.54. The number of furan rings is 1. The monoisotopic (exact) mass is 252 g/mol. The van der Waals surface area contributed by atoms with Crippen molar-refractivity contribution in [2.24, 2.45) is 0 Å². The Morgan fingerprint density at radius 3 is 2.78 bits per heavy atom. The summed E-state index contributed by atoms with van der Waals surface area (Å²) in [6.07, 6.45) is 1.73. The average molecular weight is 252 g/mol. The molecule has 0 radical (unpaired) electrons. The molecular weight excluding hydrogens is 243 g/mol. The Labute approximate surface area is 109 Å². The molecule has 2 nitrogen and oxygen atoms in total. The summed E-state index contributed by atoms with van der Waals surface area (Å²) in [5.41, 5.74) is 2.26. The van der Waals surface area contributed by atoms with Gasteiger partial charge in [-0.25, -0.2) is 0 Å². The largest absolute Gasteiger partial charge is 0.550 e. The Morgan fingerprint density at radius 2 is 1.89 bits per heavy atom. The molecule has 1 aromatic carbocycles. The standard InChI is InChI=1S/C14H9BO2S/c1-2-4-10(5-3-1)15-11-6-8-16-13(11)14-12(17-15)7-9-18-14/h1-9H. The third-order valence-corrected chi connectivity index (χ3v) is 4.06. The van der Waals surface area contributed by atoms with Gasteiger partial charge in [0, 0.05) is 5.46 Å². The van der Waals surface area contributed by atoms with E-state index in [4.69, 9.17) is 9.07 Å². The highest BCUT2D eigenvalue weighted by Gasteiger charge is 2.35. The van der Waals surface area contributed by atoms with Gasteiger partial charge in [-0.05, 0) is 23.0 Å². The maximum Gasteiger partial charge on any atom is 0.430 e. The van der Waals surface area contributed by atoms with Gasteiger partial charge >= 0.3 is 6.92 Å². The smallest absolute Gasteiger partial charge is 0.430 e. The van der Waals surface area contributed by atoms with E-state index in [1.54, 1.807) is 17.6 Å². The molecule has 1 aliphatic heterocycles. The summed E-state index contributed by atoms with van der Waals surface area (Å²) >= 11 is 1.65. The summed E-state index contributed by atoms with van der Waals surface area (Å²) in [5, 5.41) is 2.03. The maximum absolute atomic E-state index is 6.09. The Kier molecular flexibility index (Phi) is 2.11. The first-order valence-electron chi connectivity index (χ1n) is 5.80. The average Bonchev–Trinajstić information content (AvgIpc) is 3.06. The van der Waals surface area contributed by atoms with Crippen molar-refractivity contribution in [3.8, 4) is 16.4 Å². The lowest BCUT2D eigenvalue weighted by molar-refractivity contribution is 0.560. The van der Waals surface area contributed by atoms with Gasteiger partial charge in [0.2, 0.25) is 0 Å². The van der Waals surface area contributed by atoms with Crippen LogP contribution < -0.4 is 15.6 Å². The van der Waals surface area contributed by atoms with Crippen LogP contribution in [-0.4, -0.2) is 6.92 Å². The van der Waals surface area contributed by atoms with Crippen LogP contribution in [-0.2, 0) is 0 Å². The van der Waals surface area contributed by atoms with Crippen LogP contribution in [0.1, 0.15) is 0 Å². The van der Waals surface area contributed by atoms with Crippen LogP contribution in [0.15, 0.2) is 58.5 Å². The molecule has 0 unspecified atom stereocenters. The third kappa shape index (κ3) is 1.36. The van der Waals surface area contributed by atoms with Crippen LogP contribution in [0.3, 0.4) is 0 Å². The van der Waals surface area contributed by atoms with E-state index in [1.807, 2.05) is 35.7 Å². The van der Waals surface area contributed by atoms with Crippen molar-refractivity contribution in [2.45, 2.75) is 0 Å². The van der Waals surface area contributed by atoms with Gasteiger partial charge in [-0.3, -0.25) is 0 Å². The molecule has 0 bridgehead atoms. The molecule has 3 heterocycles. The van der Waals surface area contributed by atoms with E-state index in [-0.39, 0.29) is 6.92 Å². The van der Waals surface area contributed by atoms with Gasteiger partial charge in [-0.15, -0.1) is 11.3 Å². The zero-order valence-electron chi connectivity index (χ0n) is 9.50. The number of benzene rings is 1. The summed E-state index contributed by atoms with van der Waals surface area (Å²) in [4.78, 5) is 1.09. The van der Waals surface area contributed by atoms with Crippen LogP contribution in [0.4, 0.5) is 0 Å². The highest BCUT2D eigenvalue weighted by atomic mass is 32.1. The van der Waals surface area contributed by atoms with Crippen LogP contribution in [0, 0.1) is 0 Å². The first-order chi connectivity index (χ1) is 8.93. The van der Waals surface area contributed by atoms with Gasteiger partial charge in [0.15, 0.2) is 0 Å². The van der Waals surface area contributed by atoms with Crippen molar-refractivity contribution >= 4 is 29.2 Å². The van der Waals surface area contributed by atoms with E-state index < -0.39 is 0 Å². The van der Waals surface area contributed by atoms with Crippen LogP contribution in [0.2, 0.25) is 0 Å². The van der Waals surface area contributed by atoms with Gasteiger partial charge in [-0.1, -0.05) is 30.3 Å². The molecule has 0 saturated carbocycles. The first kappa shape index (κ1) is 10.0. The Morgan fingerprint density at radius 1 is 1.00 bits per heavy atom. The van der Waals surface area contributed by atoms with E-state index in [1.165, 1.54) is 0 Å². The summed E-state index contributed by atoms with van der Waals surface area (Å²) < 4.78 is 11.7. The van der Waals surface area contributed by atoms with Gasteiger partial charge in [0.1, 0.15) is 16.4 Å². The number of hydrogen-bond donors (Lipinski definition) is 0. The highest BCUT2D eigenvalue weighted by Crippen LogP contribution is 2.38. The summed E-state index contributed by atoms with van der Waals surface area (Å²) in [6.45, 7) is -0.0675. The zero-order valence-corrected chi connectivity index (χ0v) is 10.3. The number of thiophene rings is 1. The van der Waals surface area contributed by atoms with Crippen molar-refractivity contribution in [3.05, 3.63) is 54.1 Å². The van der Waals surface area contributed by atoms with Crippen molar-refractivity contribution in [2.75, 3.05) is 0 Å². The first-order valence-corrected chi connectivity index (χ1v) is 6.68. The van der Waals surface area contributed by atoms with Crippen molar-refractivity contribution in [1.29, 1.82) is 0 Å². The lowest BCUT2D eigenvalue weighted by Crippen LogP contribution is -2.49. The second-order valence-corrected chi connectivity index (χ2v) is 5.14. The lowest BCUT2D eigenvalue weighted by Gasteiger charge is -2.20. The van der Waals surface area contributed by atoms with E-state index in [2.05, 4.69) is 12.1 Å². The predicted octanol–water partition coefficient (Wildman–Crippen LogP) is 2.51. The molecule has 3 aromatic rings. The SMILES string of the molecule is c1ccc(B2Oc3ccsc3-c3occc32)cc1. The van der Waals surface area contributed by atoms with Gasteiger partial charge in [0.25, 0.3) is 0 Å². The Bertz CT molecular complexity index is 687. The summed E-state index contributed by atoms with van der Waals surface area (Å²) in [5.74, 6) is 1.86. The van der Waals surface area contributed by atoms with Crippen molar-refractivity contribution in [1.82, 2.24) is 0 Å². The van der Waals surface area contributed by atoms with Gasteiger partial charge < -0.3 is 9.07 Å². The van der Waals surface area contributed by atoms with Crippen molar-refractivity contribution in [3.63, 3.8) is 0 Å². The molecule has 0 aliphatic carbocycles. The second-order valence-electron chi connectivity index (χ2n) is 4.23.